The number of nitrogens with one attached hydrogen (secondary N) is 1. The summed E-state index contributed by atoms with van der Waals surface area (Å²) in [6.07, 6.45) is 11.1. The van der Waals surface area contributed by atoms with Crippen LogP contribution in [0.5, 0.6) is 0 Å². The Labute approximate surface area is 261 Å². The minimum absolute atomic E-state index is 0.0154. The van der Waals surface area contributed by atoms with Crippen LogP contribution >= 0.6 is 0 Å². The van der Waals surface area contributed by atoms with E-state index in [2.05, 4.69) is 95.2 Å². The number of pyridine rings is 1. The maximum atomic E-state index is 13.8. The van der Waals surface area contributed by atoms with Crippen molar-refractivity contribution in [2.24, 2.45) is 0 Å². The molecule has 0 unspecified atom stereocenters. The van der Waals surface area contributed by atoms with Crippen LogP contribution in [-0.4, -0.2) is 21.8 Å². The second-order valence-electron chi connectivity index (χ2n) is 12.0. The Balaban J connectivity index is 1.12. The first-order valence-corrected chi connectivity index (χ1v) is 15.9. The molecule has 1 amide bonds. The van der Waals surface area contributed by atoms with Crippen molar-refractivity contribution in [3.8, 4) is 11.1 Å². The van der Waals surface area contributed by atoms with E-state index >= 15 is 0 Å². The molecule has 6 rings (SSSR count). The average molecular weight is 580 g/mol. The van der Waals surface area contributed by atoms with E-state index in [9.17, 15) is 4.79 Å². The summed E-state index contributed by atoms with van der Waals surface area (Å²) in [4.78, 5) is 20.0. The van der Waals surface area contributed by atoms with Crippen LogP contribution in [0.15, 0.2) is 128 Å². The molecule has 1 fully saturated rings. The fourth-order valence-corrected chi connectivity index (χ4v) is 6.10. The van der Waals surface area contributed by atoms with Crippen LogP contribution < -0.4 is 5.32 Å². The van der Waals surface area contributed by atoms with Gasteiger partial charge >= 0.3 is 0 Å². The van der Waals surface area contributed by atoms with Crippen molar-refractivity contribution in [2.45, 2.75) is 64.2 Å². The molecule has 1 aliphatic rings. The molecule has 0 bridgehead atoms. The Kier molecular flexibility index (Phi) is 9.91. The summed E-state index contributed by atoms with van der Waals surface area (Å²) in [6, 6.07) is 40.6. The molecule has 0 saturated heterocycles. The van der Waals surface area contributed by atoms with Crippen molar-refractivity contribution in [3.05, 3.63) is 161 Å². The zero-order chi connectivity index (χ0) is 30.0. The number of aromatic nitrogens is 1. The quantitative estimate of drug-likeness (QED) is 0.170. The van der Waals surface area contributed by atoms with Crippen molar-refractivity contribution < 1.29 is 4.79 Å². The highest BCUT2D eigenvalue weighted by molar-refractivity contribution is 5.94. The second kappa shape index (κ2) is 14.8. The van der Waals surface area contributed by atoms with Gasteiger partial charge in [-0.1, -0.05) is 116 Å². The van der Waals surface area contributed by atoms with Gasteiger partial charge in [0.15, 0.2) is 0 Å². The molecule has 5 aromatic rings. The van der Waals surface area contributed by atoms with Gasteiger partial charge in [0.05, 0.1) is 0 Å². The van der Waals surface area contributed by atoms with E-state index in [-0.39, 0.29) is 5.91 Å². The van der Waals surface area contributed by atoms with Gasteiger partial charge in [0.1, 0.15) is 0 Å². The molecule has 4 heteroatoms. The Morgan fingerprint density at radius 2 is 1.23 bits per heavy atom. The number of carbonyl (C=O) groups is 1. The molecule has 4 aromatic carbocycles. The summed E-state index contributed by atoms with van der Waals surface area (Å²) >= 11 is 0. The predicted octanol–water partition coefficient (Wildman–Crippen LogP) is 8.60. The van der Waals surface area contributed by atoms with E-state index < -0.39 is 0 Å². The number of carbonyl (C=O) groups excluding carboxylic acids is 1. The van der Waals surface area contributed by atoms with Crippen LogP contribution in [0.3, 0.4) is 0 Å². The largest absolute Gasteiger partial charge is 0.330 e. The van der Waals surface area contributed by atoms with Crippen LogP contribution in [0.4, 0.5) is 0 Å². The zero-order valence-corrected chi connectivity index (χ0v) is 25.4. The second-order valence-corrected chi connectivity index (χ2v) is 12.0. The Hall–Kier alpha value is -4.54. The summed E-state index contributed by atoms with van der Waals surface area (Å²) in [6.45, 7) is 1.95. The van der Waals surface area contributed by atoms with E-state index in [0.717, 1.165) is 24.1 Å². The highest BCUT2D eigenvalue weighted by Gasteiger charge is 2.18. The van der Waals surface area contributed by atoms with E-state index in [0.29, 0.717) is 24.7 Å². The molecule has 1 heterocycles. The van der Waals surface area contributed by atoms with Crippen molar-refractivity contribution in [3.63, 3.8) is 0 Å². The number of amides is 1. The summed E-state index contributed by atoms with van der Waals surface area (Å²) in [5.74, 6) is 0.0154. The molecule has 0 radical (unpaired) electrons. The van der Waals surface area contributed by atoms with E-state index in [1.54, 1.807) is 6.20 Å². The number of hydrogen-bond donors (Lipinski definition) is 1. The van der Waals surface area contributed by atoms with Crippen molar-refractivity contribution in [1.29, 1.82) is 0 Å². The van der Waals surface area contributed by atoms with Crippen LogP contribution in [-0.2, 0) is 26.1 Å². The van der Waals surface area contributed by atoms with Gasteiger partial charge in [-0.2, -0.15) is 0 Å². The predicted molar refractivity (Wildman–Crippen MR) is 179 cm³/mol. The lowest BCUT2D eigenvalue weighted by Crippen LogP contribution is -2.30. The maximum absolute atomic E-state index is 13.8. The molecule has 1 aromatic heterocycles. The third-order valence-electron chi connectivity index (χ3n) is 8.65. The molecule has 1 aliphatic carbocycles. The minimum atomic E-state index is 0.0154. The van der Waals surface area contributed by atoms with Crippen molar-refractivity contribution in [2.75, 3.05) is 0 Å². The summed E-state index contributed by atoms with van der Waals surface area (Å²) in [7, 11) is 0. The van der Waals surface area contributed by atoms with Crippen molar-refractivity contribution in [1.82, 2.24) is 15.2 Å². The van der Waals surface area contributed by atoms with Gasteiger partial charge in [0, 0.05) is 43.6 Å². The Morgan fingerprint density at radius 3 is 1.89 bits per heavy atom. The molecule has 0 spiro atoms. The molecule has 4 nitrogen and oxygen atoms in total. The van der Waals surface area contributed by atoms with Gasteiger partial charge in [0.2, 0.25) is 0 Å². The van der Waals surface area contributed by atoms with Gasteiger partial charge in [-0.3, -0.25) is 9.78 Å². The Bertz CT molecular complexity index is 1590. The van der Waals surface area contributed by atoms with E-state index in [1.165, 1.54) is 59.9 Å². The monoisotopic (exact) mass is 579 g/mol. The molecule has 44 heavy (non-hydrogen) atoms. The first kappa shape index (κ1) is 29.5. The maximum Gasteiger partial charge on any atom is 0.254 e. The molecule has 222 valence electrons. The fourth-order valence-electron chi connectivity index (χ4n) is 6.10. The number of rotatable bonds is 11. The molecule has 1 saturated carbocycles. The van der Waals surface area contributed by atoms with Gasteiger partial charge < -0.3 is 10.2 Å². The van der Waals surface area contributed by atoms with E-state index in [4.69, 9.17) is 0 Å². The lowest BCUT2D eigenvalue weighted by molar-refractivity contribution is 0.0730. The molecular weight excluding hydrogens is 538 g/mol. The molecule has 1 N–H and O–H groups in total. The third-order valence-corrected chi connectivity index (χ3v) is 8.65. The van der Waals surface area contributed by atoms with Gasteiger partial charge in [-0.05, 0) is 76.4 Å². The molecule has 0 atom stereocenters. The van der Waals surface area contributed by atoms with Crippen molar-refractivity contribution >= 4 is 5.91 Å². The third kappa shape index (κ3) is 8.09. The van der Waals surface area contributed by atoms with Crippen LogP contribution in [0.2, 0.25) is 0 Å². The van der Waals surface area contributed by atoms with Crippen LogP contribution in [0.1, 0.15) is 70.3 Å². The van der Waals surface area contributed by atoms with E-state index in [1.807, 2.05) is 41.4 Å². The van der Waals surface area contributed by atoms with Gasteiger partial charge in [-0.25, -0.2) is 0 Å². The zero-order valence-electron chi connectivity index (χ0n) is 25.4. The summed E-state index contributed by atoms with van der Waals surface area (Å²) in [5, 5.41) is 3.74. The highest BCUT2D eigenvalue weighted by atomic mass is 16.2. The summed E-state index contributed by atoms with van der Waals surface area (Å²) < 4.78 is 0. The number of benzene rings is 4. The first-order valence-electron chi connectivity index (χ1n) is 15.9. The van der Waals surface area contributed by atoms with Crippen LogP contribution in [0.25, 0.3) is 11.1 Å². The number of hydrogen-bond acceptors (Lipinski definition) is 3. The summed E-state index contributed by atoms with van der Waals surface area (Å²) in [5.41, 5.74) is 8.97. The minimum Gasteiger partial charge on any atom is -0.330 e. The number of nitrogens with zero attached hydrogens (tertiary/aromatic N) is 2. The lowest BCUT2D eigenvalue weighted by Gasteiger charge is -2.23. The SMILES string of the molecule is O=C(c1ccc(Cc2ccccc2)cc1)N(Cc1ccc(-c2ccc(CNC3CCCCC3)cc2)cc1)Cc1cccnc1. The lowest BCUT2D eigenvalue weighted by atomic mass is 9.95. The normalized spacial score (nSPS) is 13.5. The van der Waals surface area contributed by atoms with Crippen LogP contribution in [0, 0.1) is 0 Å². The Morgan fingerprint density at radius 1 is 0.636 bits per heavy atom. The molecular formula is C40H41N3O. The standard InChI is InChI=1S/C40H41N3O/c44-40(38-23-13-32(14-24-38)26-31-8-3-1-4-9-31)43(30-35-10-7-25-41-27-35)29-34-17-21-37(22-18-34)36-19-15-33(16-20-36)28-42-39-11-5-2-6-12-39/h1,3-4,7-10,13-25,27,39,42H,2,5-6,11-12,26,28-30H2. The topological polar surface area (TPSA) is 45.2 Å². The average Bonchev–Trinajstić information content (AvgIpc) is 3.09. The smallest absolute Gasteiger partial charge is 0.254 e. The van der Waals surface area contributed by atoms with Gasteiger partial charge in [-0.15, -0.1) is 0 Å². The fraction of sp³-hybridized carbons (Fsp3) is 0.250. The highest BCUT2D eigenvalue weighted by Crippen LogP contribution is 2.23. The molecule has 0 aliphatic heterocycles. The first-order chi connectivity index (χ1) is 21.7. The van der Waals surface area contributed by atoms with Gasteiger partial charge in [0.25, 0.3) is 5.91 Å².